The molecule has 1 aliphatic heterocycles. The molecule has 0 radical (unpaired) electrons. The molecule has 94 valence electrons. The van der Waals surface area contributed by atoms with E-state index in [0.29, 0.717) is 26.0 Å². The smallest absolute Gasteiger partial charge is 0.197 e. The lowest BCUT2D eigenvalue weighted by atomic mass is 10.5. The average Bonchev–Trinajstić information content (AvgIpc) is 2.73. The van der Waals surface area contributed by atoms with Gasteiger partial charge in [0.2, 0.25) is 0 Å². The molecule has 0 amide bonds. The molecule has 0 saturated carbocycles. The van der Waals surface area contributed by atoms with E-state index in [-0.39, 0.29) is 10.5 Å². The highest BCUT2D eigenvalue weighted by Gasteiger charge is 2.20. The van der Waals surface area contributed by atoms with E-state index < -0.39 is 0 Å². The first-order valence-corrected chi connectivity index (χ1v) is 7.72. The van der Waals surface area contributed by atoms with Crippen molar-refractivity contribution in [3.05, 3.63) is 11.1 Å². The Hall–Kier alpha value is -0.920. The van der Waals surface area contributed by atoms with E-state index in [4.69, 9.17) is 10.1 Å². The van der Waals surface area contributed by atoms with E-state index in [9.17, 15) is 0 Å². The highest BCUT2D eigenvalue weighted by atomic mass is 32.2. The Labute approximate surface area is 107 Å². The van der Waals surface area contributed by atoms with Gasteiger partial charge in [-0.25, -0.2) is 4.98 Å². The van der Waals surface area contributed by atoms with Crippen molar-refractivity contribution in [2.75, 3.05) is 26.8 Å². The molecule has 1 unspecified atom stereocenters. The van der Waals surface area contributed by atoms with Crippen LogP contribution in [0.3, 0.4) is 0 Å². The number of hydrogen-bond acceptors (Lipinski definition) is 4. The molecular formula is C10H16N4OS2. The van der Waals surface area contributed by atoms with Crippen LogP contribution < -0.4 is 0 Å². The Morgan fingerprint density at radius 3 is 3.06 bits per heavy atom. The molecule has 17 heavy (non-hydrogen) atoms. The maximum absolute atomic E-state index is 7.94. The normalized spacial score (nSPS) is 18.6. The molecule has 1 fully saturated rings. The van der Waals surface area contributed by atoms with Crippen molar-refractivity contribution in [1.29, 1.82) is 5.41 Å². The predicted molar refractivity (Wildman–Crippen MR) is 72.9 cm³/mol. The third-order valence-corrected chi connectivity index (χ3v) is 4.95. The van der Waals surface area contributed by atoms with Crippen LogP contribution >= 0.6 is 21.8 Å². The van der Waals surface area contributed by atoms with E-state index in [0.717, 1.165) is 9.22 Å². The molecule has 5 nitrogen and oxygen atoms in total. The lowest BCUT2D eigenvalue weighted by Gasteiger charge is -2.35. The Balaban J connectivity index is 2.04. The maximum Gasteiger partial charge on any atom is 0.197 e. The molecule has 1 saturated heterocycles. The van der Waals surface area contributed by atoms with Crippen molar-refractivity contribution in [3.63, 3.8) is 0 Å². The van der Waals surface area contributed by atoms with E-state index in [1.165, 1.54) is 0 Å². The molecule has 1 atom stereocenters. The molecular weight excluding hydrogens is 256 g/mol. The van der Waals surface area contributed by atoms with E-state index >= 15 is 0 Å². The standard InChI is InChI=1S/C10H16N4OS2/c1-13-6-15-7-14(9(13)11)5-8-4-12-10(16-8)17(2)3/h4,11H,2,5-7H2,1,3H3. The third-order valence-electron chi connectivity index (χ3n) is 2.37. The largest absolute Gasteiger partial charge is 0.341 e. The van der Waals surface area contributed by atoms with E-state index in [2.05, 4.69) is 17.1 Å². The van der Waals surface area contributed by atoms with Gasteiger partial charge in [0.05, 0.1) is 6.54 Å². The highest BCUT2D eigenvalue weighted by molar-refractivity contribution is 8.14. The van der Waals surface area contributed by atoms with E-state index in [1.807, 2.05) is 18.1 Å². The summed E-state index contributed by atoms with van der Waals surface area (Å²) in [5, 5.41) is 7.94. The second-order valence-corrected chi connectivity index (χ2v) is 6.95. The van der Waals surface area contributed by atoms with Crippen LogP contribution in [-0.2, 0) is 11.3 Å². The number of nitrogens with zero attached hydrogens (tertiary/aromatic N) is 3. The lowest BCUT2D eigenvalue weighted by molar-refractivity contribution is -0.0217. The van der Waals surface area contributed by atoms with Gasteiger partial charge in [0, 0.05) is 18.1 Å². The maximum atomic E-state index is 7.94. The lowest BCUT2D eigenvalue weighted by Crippen LogP contribution is -2.48. The van der Waals surface area contributed by atoms with Crippen molar-refractivity contribution in [1.82, 2.24) is 14.8 Å². The summed E-state index contributed by atoms with van der Waals surface area (Å²) in [6.45, 7) is 1.64. The fraction of sp³-hybridized carbons (Fsp3) is 0.500. The van der Waals surface area contributed by atoms with Crippen molar-refractivity contribution in [2.45, 2.75) is 10.9 Å². The number of thiazole rings is 1. The molecule has 1 aromatic rings. The SMILES string of the molecule is C=S(C)c1ncc(CN2COCN(C)C2=N)s1. The van der Waals surface area contributed by atoms with Gasteiger partial charge in [-0.15, -0.1) is 21.8 Å². The summed E-state index contributed by atoms with van der Waals surface area (Å²) in [4.78, 5) is 9.15. The van der Waals surface area contributed by atoms with Gasteiger partial charge in [0.25, 0.3) is 0 Å². The zero-order valence-corrected chi connectivity index (χ0v) is 11.6. The summed E-state index contributed by atoms with van der Waals surface area (Å²) in [6, 6.07) is 0. The number of aromatic nitrogens is 1. The number of hydrogen-bond donors (Lipinski definition) is 1. The van der Waals surface area contributed by atoms with Crippen LogP contribution in [0.15, 0.2) is 10.5 Å². The van der Waals surface area contributed by atoms with Crippen molar-refractivity contribution in [3.8, 4) is 0 Å². The summed E-state index contributed by atoms with van der Waals surface area (Å²) in [7, 11) is 1.82. The first-order valence-electron chi connectivity index (χ1n) is 5.10. The minimum absolute atomic E-state index is 0.0369. The molecule has 1 N–H and O–H groups in total. The van der Waals surface area contributed by atoms with Gasteiger partial charge in [0.1, 0.15) is 17.8 Å². The van der Waals surface area contributed by atoms with Crippen molar-refractivity contribution < 1.29 is 4.74 Å². The molecule has 0 aromatic carbocycles. The zero-order valence-electron chi connectivity index (χ0n) is 9.97. The summed E-state index contributed by atoms with van der Waals surface area (Å²) >= 11 is 1.66. The second-order valence-electron chi connectivity index (χ2n) is 3.91. The molecule has 0 bridgehead atoms. The molecule has 1 aromatic heterocycles. The molecule has 1 aliphatic rings. The van der Waals surface area contributed by atoms with Crippen LogP contribution in [0.2, 0.25) is 0 Å². The van der Waals surface area contributed by atoms with Gasteiger partial charge in [-0.05, 0) is 6.26 Å². The first-order chi connectivity index (χ1) is 8.08. The van der Waals surface area contributed by atoms with Gasteiger partial charge in [-0.3, -0.25) is 5.41 Å². The second kappa shape index (κ2) is 5.16. The van der Waals surface area contributed by atoms with Crippen LogP contribution in [0, 0.1) is 5.41 Å². The van der Waals surface area contributed by atoms with Crippen molar-refractivity contribution >= 4 is 33.7 Å². The molecule has 2 rings (SSSR count). The number of rotatable bonds is 3. The summed E-state index contributed by atoms with van der Waals surface area (Å²) in [5.41, 5.74) is 0. The van der Waals surface area contributed by atoms with Crippen LogP contribution in [0.25, 0.3) is 0 Å². The third kappa shape index (κ3) is 2.85. The fourth-order valence-electron chi connectivity index (χ4n) is 1.48. The minimum Gasteiger partial charge on any atom is -0.341 e. The molecule has 0 spiro atoms. The monoisotopic (exact) mass is 272 g/mol. The summed E-state index contributed by atoms with van der Waals surface area (Å²) in [5.74, 6) is 4.48. The van der Waals surface area contributed by atoms with Gasteiger partial charge < -0.3 is 14.5 Å². The van der Waals surface area contributed by atoms with Crippen LogP contribution in [0.4, 0.5) is 0 Å². The average molecular weight is 272 g/mol. The van der Waals surface area contributed by atoms with E-state index in [1.54, 1.807) is 16.2 Å². The summed E-state index contributed by atoms with van der Waals surface area (Å²) in [6.07, 6.45) is 3.93. The molecule has 7 heteroatoms. The Kier molecular flexibility index (Phi) is 3.80. The first kappa shape index (κ1) is 12.5. The van der Waals surface area contributed by atoms with Gasteiger partial charge in [0.15, 0.2) is 5.96 Å². The minimum atomic E-state index is -0.0369. The Bertz CT molecular complexity index is 445. The quantitative estimate of drug-likeness (QED) is 0.846. The molecule has 0 aliphatic carbocycles. The predicted octanol–water partition coefficient (Wildman–Crippen LogP) is 1.45. The summed E-state index contributed by atoms with van der Waals surface area (Å²) < 4.78 is 6.44. The molecule has 2 heterocycles. The van der Waals surface area contributed by atoms with Gasteiger partial charge in [-0.1, -0.05) is 5.87 Å². The number of ether oxygens (including phenoxy) is 1. The van der Waals surface area contributed by atoms with Crippen LogP contribution in [-0.4, -0.2) is 53.4 Å². The Morgan fingerprint density at radius 2 is 2.41 bits per heavy atom. The number of nitrogens with one attached hydrogen (secondary N) is 1. The van der Waals surface area contributed by atoms with Crippen LogP contribution in [0.1, 0.15) is 4.88 Å². The zero-order chi connectivity index (χ0) is 12.4. The number of guanidine groups is 1. The Morgan fingerprint density at radius 1 is 1.65 bits per heavy atom. The van der Waals surface area contributed by atoms with Gasteiger partial charge in [-0.2, -0.15) is 0 Å². The van der Waals surface area contributed by atoms with Crippen LogP contribution in [0.5, 0.6) is 0 Å². The fourth-order valence-corrected chi connectivity index (χ4v) is 3.26. The van der Waals surface area contributed by atoms with Crippen molar-refractivity contribution in [2.24, 2.45) is 0 Å². The van der Waals surface area contributed by atoms with Gasteiger partial charge >= 0.3 is 0 Å². The highest BCUT2D eigenvalue weighted by Crippen LogP contribution is 2.27. The topological polar surface area (TPSA) is 52.5 Å².